The van der Waals surface area contributed by atoms with E-state index in [1.807, 2.05) is 0 Å². The Morgan fingerprint density at radius 2 is 1.96 bits per heavy atom. The SMILES string of the molecule is CN(C(=O)CCc1ncc(-c2ccc(F)cc2F)o1)C1(C(=O)O)CCCCC1. The zero-order chi connectivity index (χ0) is 20.3. The largest absolute Gasteiger partial charge is 0.479 e. The van der Waals surface area contributed by atoms with Crippen molar-refractivity contribution in [2.45, 2.75) is 50.5 Å². The number of likely N-dealkylation sites (N-methyl/N-ethyl adjacent to an activating group) is 1. The van der Waals surface area contributed by atoms with Crippen LogP contribution in [0, 0.1) is 11.6 Å². The van der Waals surface area contributed by atoms with Gasteiger partial charge in [-0.1, -0.05) is 19.3 Å². The quantitative estimate of drug-likeness (QED) is 0.808. The lowest BCUT2D eigenvalue weighted by molar-refractivity contribution is -0.160. The van der Waals surface area contributed by atoms with Crippen LogP contribution in [0.25, 0.3) is 11.3 Å². The van der Waals surface area contributed by atoms with E-state index in [1.54, 1.807) is 0 Å². The molecule has 1 aliphatic rings. The van der Waals surface area contributed by atoms with Gasteiger partial charge in [0.15, 0.2) is 11.7 Å². The molecule has 1 aromatic carbocycles. The fraction of sp³-hybridized carbons (Fsp3) is 0.450. The average molecular weight is 392 g/mol. The summed E-state index contributed by atoms with van der Waals surface area (Å²) < 4.78 is 32.3. The minimum atomic E-state index is -1.16. The molecular formula is C20H22F2N2O4. The lowest BCUT2D eigenvalue weighted by Gasteiger charge is -2.41. The van der Waals surface area contributed by atoms with Crippen molar-refractivity contribution in [3.8, 4) is 11.3 Å². The van der Waals surface area contributed by atoms with E-state index in [0.29, 0.717) is 12.8 Å². The zero-order valence-corrected chi connectivity index (χ0v) is 15.6. The summed E-state index contributed by atoms with van der Waals surface area (Å²) in [5.74, 6) is -2.37. The van der Waals surface area contributed by atoms with Crippen molar-refractivity contribution in [3.05, 3.63) is 41.9 Å². The minimum absolute atomic E-state index is 0.0252. The third-order valence-corrected chi connectivity index (χ3v) is 5.40. The number of hydrogen-bond donors (Lipinski definition) is 1. The van der Waals surface area contributed by atoms with E-state index < -0.39 is 23.1 Å². The first-order valence-corrected chi connectivity index (χ1v) is 9.24. The predicted molar refractivity (Wildman–Crippen MR) is 96.4 cm³/mol. The first-order chi connectivity index (χ1) is 13.3. The van der Waals surface area contributed by atoms with Crippen molar-refractivity contribution in [1.29, 1.82) is 0 Å². The van der Waals surface area contributed by atoms with E-state index in [2.05, 4.69) is 4.98 Å². The molecule has 8 heteroatoms. The standard InChI is InChI=1S/C20H22F2N2O4/c1-24(20(19(26)27)9-3-2-4-10-20)18(25)8-7-17-23-12-16(28-17)14-6-5-13(21)11-15(14)22/h5-6,11-12H,2-4,7-10H2,1H3,(H,26,27). The van der Waals surface area contributed by atoms with Gasteiger partial charge in [-0.05, 0) is 25.0 Å². The molecule has 150 valence electrons. The molecule has 28 heavy (non-hydrogen) atoms. The molecule has 6 nitrogen and oxygen atoms in total. The lowest BCUT2D eigenvalue weighted by atomic mass is 9.80. The summed E-state index contributed by atoms with van der Waals surface area (Å²) in [6.45, 7) is 0. The molecule has 0 bridgehead atoms. The maximum atomic E-state index is 13.8. The molecule has 0 atom stereocenters. The number of oxazole rings is 1. The number of aromatic nitrogens is 1. The summed E-state index contributed by atoms with van der Waals surface area (Å²) in [5, 5.41) is 9.68. The molecule has 1 fully saturated rings. The molecule has 1 heterocycles. The number of aliphatic carboxylic acids is 1. The molecule has 0 radical (unpaired) electrons. The van der Waals surface area contributed by atoms with Crippen LogP contribution in [-0.4, -0.2) is 39.5 Å². The first-order valence-electron chi connectivity index (χ1n) is 9.24. The summed E-state index contributed by atoms with van der Waals surface area (Å²) in [4.78, 5) is 29.8. The van der Waals surface area contributed by atoms with Crippen molar-refractivity contribution in [1.82, 2.24) is 9.88 Å². The highest BCUT2D eigenvalue weighted by Gasteiger charge is 2.45. The van der Waals surface area contributed by atoms with Gasteiger partial charge in [-0.15, -0.1) is 0 Å². The van der Waals surface area contributed by atoms with E-state index in [4.69, 9.17) is 4.42 Å². The van der Waals surface area contributed by atoms with E-state index in [0.717, 1.165) is 31.4 Å². The second-order valence-electron chi connectivity index (χ2n) is 7.09. The predicted octanol–water partition coefficient (Wildman–Crippen LogP) is 3.80. The van der Waals surface area contributed by atoms with E-state index in [1.165, 1.54) is 24.2 Å². The first kappa shape index (κ1) is 20.0. The van der Waals surface area contributed by atoms with E-state index in [-0.39, 0.29) is 36.0 Å². The van der Waals surface area contributed by atoms with Gasteiger partial charge in [0.05, 0.1) is 11.8 Å². The number of nitrogens with zero attached hydrogens (tertiary/aromatic N) is 2. The van der Waals surface area contributed by atoms with E-state index in [9.17, 15) is 23.5 Å². The number of carboxylic acid groups (broad SMARTS) is 1. The molecule has 0 unspecified atom stereocenters. The number of halogens is 2. The molecule has 1 N–H and O–H groups in total. The second kappa shape index (κ2) is 8.08. The van der Waals surface area contributed by atoms with Crippen LogP contribution < -0.4 is 0 Å². The average Bonchev–Trinajstić information content (AvgIpc) is 3.14. The van der Waals surface area contributed by atoms with Gasteiger partial charge in [0.1, 0.15) is 17.2 Å². The number of benzene rings is 1. The highest BCUT2D eigenvalue weighted by Crippen LogP contribution is 2.34. The topological polar surface area (TPSA) is 83.6 Å². The molecule has 1 aromatic heterocycles. The van der Waals surface area contributed by atoms with Crippen LogP contribution in [0.4, 0.5) is 8.78 Å². The summed E-state index contributed by atoms with van der Waals surface area (Å²) in [6.07, 6.45) is 4.90. The number of aryl methyl sites for hydroxylation is 1. The van der Waals surface area contributed by atoms with Gasteiger partial charge in [-0.3, -0.25) is 4.79 Å². The maximum Gasteiger partial charge on any atom is 0.329 e. The molecule has 3 rings (SSSR count). The molecule has 0 spiro atoms. The van der Waals surface area contributed by atoms with Crippen LogP contribution in [0.1, 0.15) is 44.4 Å². The monoisotopic (exact) mass is 392 g/mol. The fourth-order valence-corrected chi connectivity index (χ4v) is 3.69. The van der Waals surface area contributed by atoms with Gasteiger partial charge in [0.2, 0.25) is 5.91 Å². The third-order valence-electron chi connectivity index (χ3n) is 5.40. The Labute approximate surface area is 161 Å². The summed E-state index contributed by atoms with van der Waals surface area (Å²) in [6, 6.07) is 3.13. The molecule has 2 aromatic rings. The van der Waals surface area contributed by atoms with Gasteiger partial charge in [0.25, 0.3) is 0 Å². The van der Waals surface area contributed by atoms with Gasteiger partial charge < -0.3 is 14.4 Å². The van der Waals surface area contributed by atoms with Crippen LogP contribution in [0.3, 0.4) is 0 Å². The van der Waals surface area contributed by atoms with Gasteiger partial charge in [-0.25, -0.2) is 18.6 Å². The fourth-order valence-electron chi connectivity index (χ4n) is 3.69. The van der Waals surface area contributed by atoms with Crippen molar-refractivity contribution in [3.63, 3.8) is 0 Å². The van der Waals surface area contributed by atoms with Gasteiger partial charge in [0, 0.05) is 26.0 Å². The van der Waals surface area contributed by atoms with Crippen LogP contribution in [0.15, 0.2) is 28.8 Å². The Kier molecular flexibility index (Phi) is 5.76. The Bertz CT molecular complexity index is 875. The molecule has 1 amide bonds. The summed E-state index contributed by atoms with van der Waals surface area (Å²) in [5.41, 5.74) is -1.08. The number of carbonyl (C=O) groups excluding carboxylic acids is 1. The molecular weight excluding hydrogens is 370 g/mol. The van der Waals surface area contributed by atoms with E-state index >= 15 is 0 Å². The van der Waals surface area contributed by atoms with Crippen molar-refractivity contribution >= 4 is 11.9 Å². The van der Waals surface area contributed by atoms with Gasteiger partial charge >= 0.3 is 5.97 Å². The van der Waals surface area contributed by atoms with Crippen molar-refractivity contribution in [2.24, 2.45) is 0 Å². The Morgan fingerprint density at radius 1 is 1.25 bits per heavy atom. The number of carbonyl (C=O) groups is 2. The van der Waals surface area contributed by atoms with Crippen LogP contribution in [0.5, 0.6) is 0 Å². The highest BCUT2D eigenvalue weighted by molar-refractivity contribution is 5.87. The Balaban J connectivity index is 1.66. The van der Waals surface area contributed by atoms with Crippen molar-refractivity contribution < 1.29 is 27.9 Å². The molecule has 0 aliphatic heterocycles. The smallest absolute Gasteiger partial charge is 0.329 e. The minimum Gasteiger partial charge on any atom is -0.479 e. The normalized spacial score (nSPS) is 16.0. The number of carboxylic acids is 1. The number of hydrogen-bond acceptors (Lipinski definition) is 4. The van der Waals surface area contributed by atoms with Gasteiger partial charge in [-0.2, -0.15) is 0 Å². The Morgan fingerprint density at radius 3 is 2.61 bits per heavy atom. The summed E-state index contributed by atoms with van der Waals surface area (Å²) in [7, 11) is 1.52. The van der Waals surface area contributed by atoms with Crippen LogP contribution in [-0.2, 0) is 16.0 Å². The van der Waals surface area contributed by atoms with Crippen molar-refractivity contribution in [2.75, 3.05) is 7.05 Å². The zero-order valence-electron chi connectivity index (χ0n) is 15.6. The third kappa shape index (κ3) is 3.90. The maximum absolute atomic E-state index is 13.8. The van der Waals surface area contributed by atoms with Crippen LogP contribution >= 0.6 is 0 Å². The lowest BCUT2D eigenvalue weighted by Crippen LogP contribution is -2.56. The second-order valence-corrected chi connectivity index (χ2v) is 7.09. The Hall–Kier alpha value is -2.77. The number of rotatable bonds is 6. The molecule has 0 saturated heterocycles. The molecule has 1 aliphatic carbocycles. The number of amides is 1. The van der Waals surface area contributed by atoms with Crippen LogP contribution in [0.2, 0.25) is 0 Å². The highest BCUT2D eigenvalue weighted by atomic mass is 19.1. The molecule has 1 saturated carbocycles. The summed E-state index contributed by atoms with van der Waals surface area (Å²) >= 11 is 0.